The van der Waals surface area contributed by atoms with Crippen molar-refractivity contribution >= 4 is 17.5 Å². The van der Waals surface area contributed by atoms with Gasteiger partial charge >= 0.3 is 0 Å². The summed E-state index contributed by atoms with van der Waals surface area (Å²) >= 11 is 5.78. The van der Waals surface area contributed by atoms with Crippen molar-refractivity contribution in [2.24, 2.45) is 0 Å². The van der Waals surface area contributed by atoms with Crippen LogP contribution in [0, 0.1) is 0 Å². The first kappa shape index (κ1) is 15.2. The molecule has 0 atom stereocenters. The fourth-order valence-electron chi connectivity index (χ4n) is 2.78. The second-order valence-electron chi connectivity index (χ2n) is 4.97. The van der Waals surface area contributed by atoms with Crippen molar-refractivity contribution in [3.63, 3.8) is 0 Å². The molecule has 1 amide bonds. The third-order valence-electron chi connectivity index (χ3n) is 3.90. The van der Waals surface area contributed by atoms with Crippen LogP contribution in [0.2, 0.25) is 5.15 Å². The van der Waals surface area contributed by atoms with Gasteiger partial charge < -0.3 is 9.80 Å². The zero-order valence-corrected chi connectivity index (χ0v) is 12.8. The molecule has 1 aromatic heterocycles. The van der Waals surface area contributed by atoms with E-state index in [9.17, 15) is 4.79 Å². The summed E-state index contributed by atoms with van der Waals surface area (Å²) in [6.07, 6.45) is 4.94. The van der Waals surface area contributed by atoms with Gasteiger partial charge in [0.25, 0.3) is 5.91 Å². The molecule has 0 N–H and O–H groups in total. The molecule has 0 unspecified atom stereocenters. The maximum absolute atomic E-state index is 12.3. The van der Waals surface area contributed by atoms with Gasteiger partial charge in [0.15, 0.2) is 0 Å². The Balaban J connectivity index is 1.95. The van der Waals surface area contributed by atoms with Gasteiger partial charge in [-0.05, 0) is 25.9 Å². The highest BCUT2D eigenvalue weighted by Crippen LogP contribution is 2.18. The van der Waals surface area contributed by atoms with Gasteiger partial charge in [0, 0.05) is 19.1 Å². The Kier molecular flexibility index (Phi) is 5.31. The molecule has 2 heterocycles. The van der Waals surface area contributed by atoms with E-state index in [1.54, 1.807) is 0 Å². The minimum atomic E-state index is -0.0713. The minimum Gasteiger partial charge on any atom is -0.337 e. The lowest BCUT2D eigenvalue weighted by molar-refractivity contribution is 0.0625. The van der Waals surface area contributed by atoms with Gasteiger partial charge in [-0.1, -0.05) is 25.4 Å². The highest BCUT2D eigenvalue weighted by molar-refractivity contribution is 6.29. The third-order valence-corrected chi connectivity index (χ3v) is 4.09. The van der Waals surface area contributed by atoms with Gasteiger partial charge in [0.2, 0.25) is 0 Å². The van der Waals surface area contributed by atoms with E-state index < -0.39 is 0 Å². The van der Waals surface area contributed by atoms with Crippen LogP contribution in [0.25, 0.3) is 0 Å². The number of aromatic nitrogens is 2. The summed E-state index contributed by atoms with van der Waals surface area (Å²) in [5, 5.41) is 0.258. The van der Waals surface area contributed by atoms with Gasteiger partial charge in [-0.3, -0.25) is 9.78 Å². The van der Waals surface area contributed by atoms with Crippen molar-refractivity contribution in [1.82, 2.24) is 19.8 Å². The summed E-state index contributed by atoms with van der Waals surface area (Å²) in [6.45, 7) is 8.04. The molecule has 0 aromatic carbocycles. The number of halogens is 1. The molecular weight excluding hydrogens is 276 g/mol. The molecule has 1 aromatic rings. The van der Waals surface area contributed by atoms with Gasteiger partial charge in [0.1, 0.15) is 10.8 Å². The number of hydrogen-bond donors (Lipinski definition) is 0. The van der Waals surface area contributed by atoms with Gasteiger partial charge in [-0.25, -0.2) is 4.98 Å². The smallest absolute Gasteiger partial charge is 0.274 e. The molecule has 0 aliphatic carbocycles. The van der Waals surface area contributed by atoms with Gasteiger partial charge in [0.05, 0.1) is 12.4 Å². The topological polar surface area (TPSA) is 49.3 Å². The van der Waals surface area contributed by atoms with E-state index in [1.807, 2.05) is 4.90 Å². The molecule has 5 nitrogen and oxygen atoms in total. The standard InChI is InChI=1S/C14H21ClN4O/c1-3-18(4-2)11-5-7-19(8-6-11)14(20)12-9-16-10-13(15)17-12/h9-11H,3-8H2,1-2H3. The van der Waals surface area contributed by atoms with Crippen molar-refractivity contribution in [2.75, 3.05) is 26.2 Å². The Hall–Kier alpha value is -1.20. The highest BCUT2D eigenvalue weighted by Gasteiger charge is 2.26. The van der Waals surface area contributed by atoms with Crippen LogP contribution in [-0.4, -0.2) is 57.9 Å². The van der Waals surface area contributed by atoms with Crippen LogP contribution in [0.5, 0.6) is 0 Å². The summed E-state index contributed by atoms with van der Waals surface area (Å²) in [7, 11) is 0. The minimum absolute atomic E-state index is 0.0713. The lowest BCUT2D eigenvalue weighted by Gasteiger charge is -2.37. The number of hydrogen-bond acceptors (Lipinski definition) is 4. The number of carbonyl (C=O) groups excluding carboxylic acids is 1. The number of rotatable bonds is 4. The summed E-state index contributed by atoms with van der Waals surface area (Å²) in [5.41, 5.74) is 0.332. The average molecular weight is 297 g/mol. The summed E-state index contributed by atoms with van der Waals surface area (Å²) in [5.74, 6) is -0.0713. The van der Waals surface area contributed by atoms with Crippen LogP contribution in [0.15, 0.2) is 12.4 Å². The molecule has 6 heteroatoms. The molecule has 110 valence electrons. The molecule has 0 radical (unpaired) electrons. The number of carbonyl (C=O) groups is 1. The second kappa shape index (κ2) is 6.99. The van der Waals surface area contributed by atoms with E-state index in [1.165, 1.54) is 12.4 Å². The molecule has 2 rings (SSSR count). The Labute approximate surface area is 124 Å². The van der Waals surface area contributed by atoms with E-state index in [0.717, 1.165) is 39.0 Å². The predicted octanol–water partition coefficient (Wildman–Crippen LogP) is 2.08. The molecule has 0 saturated carbocycles. The Morgan fingerprint density at radius 1 is 1.35 bits per heavy atom. The van der Waals surface area contributed by atoms with Gasteiger partial charge in [-0.2, -0.15) is 0 Å². The Bertz CT molecular complexity index is 456. The number of piperidine rings is 1. The average Bonchev–Trinajstić information content (AvgIpc) is 2.48. The van der Waals surface area contributed by atoms with Crippen LogP contribution in [0.3, 0.4) is 0 Å². The van der Waals surface area contributed by atoms with Crippen LogP contribution < -0.4 is 0 Å². The number of nitrogens with zero attached hydrogens (tertiary/aromatic N) is 4. The van der Waals surface area contributed by atoms with E-state index in [2.05, 4.69) is 28.7 Å². The molecule has 0 spiro atoms. The summed E-state index contributed by atoms with van der Waals surface area (Å²) in [4.78, 5) is 24.6. The molecule has 1 aliphatic heterocycles. The summed E-state index contributed by atoms with van der Waals surface area (Å²) in [6, 6.07) is 0.583. The normalized spacial score (nSPS) is 16.7. The fraction of sp³-hybridized carbons (Fsp3) is 0.643. The highest BCUT2D eigenvalue weighted by atomic mass is 35.5. The maximum Gasteiger partial charge on any atom is 0.274 e. The monoisotopic (exact) mass is 296 g/mol. The van der Waals surface area contributed by atoms with Crippen LogP contribution >= 0.6 is 11.6 Å². The quantitative estimate of drug-likeness (QED) is 0.853. The maximum atomic E-state index is 12.3. The first-order valence-corrected chi connectivity index (χ1v) is 7.54. The number of likely N-dealkylation sites (tertiary alicyclic amines) is 1. The first-order valence-electron chi connectivity index (χ1n) is 7.16. The molecule has 1 aliphatic rings. The summed E-state index contributed by atoms with van der Waals surface area (Å²) < 4.78 is 0. The second-order valence-corrected chi connectivity index (χ2v) is 5.36. The van der Waals surface area contributed by atoms with Crippen LogP contribution in [-0.2, 0) is 0 Å². The Morgan fingerprint density at radius 2 is 2.00 bits per heavy atom. The van der Waals surface area contributed by atoms with Crippen LogP contribution in [0.1, 0.15) is 37.2 Å². The third kappa shape index (κ3) is 3.46. The van der Waals surface area contributed by atoms with E-state index in [4.69, 9.17) is 11.6 Å². The van der Waals surface area contributed by atoms with Gasteiger partial charge in [-0.15, -0.1) is 0 Å². The molecule has 20 heavy (non-hydrogen) atoms. The van der Waals surface area contributed by atoms with E-state index in [0.29, 0.717) is 11.7 Å². The van der Waals surface area contributed by atoms with Crippen LogP contribution in [0.4, 0.5) is 0 Å². The van der Waals surface area contributed by atoms with Crippen molar-refractivity contribution in [3.8, 4) is 0 Å². The van der Waals surface area contributed by atoms with Crippen molar-refractivity contribution in [3.05, 3.63) is 23.2 Å². The lowest BCUT2D eigenvalue weighted by atomic mass is 10.0. The molecule has 1 fully saturated rings. The van der Waals surface area contributed by atoms with Crippen molar-refractivity contribution in [1.29, 1.82) is 0 Å². The molecule has 1 saturated heterocycles. The zero-order chi connectivity index (χ0) is 14.5. The largest absolute Gasteiger partial charge is 0.337 e. The van der Waals surface area contributed by atoms with E-state index >= 15 is 0 Å². The fourth-order valence-corrected chi connectivity index (χ4v) is 2.93. The predicted molar refractivity (Wildman–Crippen MR) is 78.9 cm³/mol. The zero-order valence-electron chi connectivity index (χ0n) is 12.0. The van der Waals surface area contributed by atoms with E-state index in [-0.39, 0.29) is 11.1 Å². The SMILES string of the molecule is CCN(CC)C1CCN(C(=O)c2cncc(Cl)n2)CC1. The first-order chi connectivity index (χ1) is 9.65. The lowest BCUT2D eigenvalue weighted by Crippen LogP contribution is -2.46. The van der Waals surface area contributed by atoms with Crippen molar-refractivity contribution < 1.29 is 4.79 Å². The molecule has 0 bridgehead atoms. The Morgan fingerprint density at radius 3 is 2.55 bits per heavy atom. The number of amides is 1. The molecular formula is C14H21ClN4O. The van der Waals surface area contributed by atoms with Crippen molar-refractivity contribution in [2.45, 2.75) is 32.7 Å².